The van der Waals surface area contributed by atoms with E-state index in [4.69, 9.17) is 0 Å². The van der Waals surface area contributed by atoms with E-state index >= 15 is 0 Å². The Labute approximate surface area is 190 Å². The summed E-state index contributed by atoms with van der Waals surface area (Å²) in [5, 5.41) is 30.7. The minimum atomic E-state index is -0.648. The number of fused-ring (bicyclic) bond motifs is 1. The maximum atomic E-state index is 10.4. The van der Waals surface area contributed by atoms with Gasteiger partial charge in [0, 0.05) is 5.92 Å². The predicted octanol–water partition coefficient (Wildman–Crippen LogP) is 5.95. The summed E-state index contributed by atoms with van der Waals surface area (Å²) < 4.78 is 0. The van der Waals surface area contributed by atoms with E-state index in [-0.39, 0.29) is 5.92 Å². The Balaban J connectivity index is 1.71. The first-order chi connectivity index (χ1) is 14.4. The van der Waals surface area contributed by atoms with Crippen LogP contribution in [0.2, 0.25) is 0 Å². The molecule has 0 saturated heterocycles. The highest BCUT2D eigenvalue weighted by Gasteiger charge is 2.50. The van der Waals surface area contributed by atoms with E-state index in [1.54, 1.807) is 5.57 Å². The molecule has 7 atom stereocenters. The van der Waals surface area contributed by atoms with Crippen molar-refractivity contribution in [2.75, 3.05) is 0 Å². The maximum Gasteiger partial charge on any atom is 0.0837 e. The average molecular weight is 431 g/mol. The molecule has 0 aliphatic heterocycles. The molecule has 0 aromatic carbocycles. The molecule has 3 heteroatoms. The molecule has 0 heterocycles. The topological polar surface area (TPSA) is 60.7 Å². The monoisotopic (exact) mass is 430 g/mol. The standard InChI is InChI=1S/C28H46O3/c1-18(9-7-15-27(4,5)31)23-13-14-24-21(10-8-16-28(23,24)6)11-12-22-17-25(29)20(3)26(30)19(22)2/h11-12,18,20,23-26,29-31H,2,7-10,13-17H2,1,3-6H3/b21-11?,22-12-/t18-,20?,23-,24?,25-,26?,28-/m1/s1. The maximum absolute atomic E-state index is 10.4. The van der Waals surface area contributed by atoms with Crippen LogP contribution in [0.1, 0.15) is 92.4 Å². The van der Waals surface area contributed by atoms with Gasteiger partial charge in [-0.25, -0.2) is 0 Å². The van der Waals surface area contributed by atoms with Crippen molar-refractivity contribution in [3.63, 3.8) is 0 Å². The van der Waals surface area contributed by atoms with Gasteiger partial charge in [0.1, 0.15) is 0 Å². The first-order valence-corrected chi connectivity index (χ1v) is 12.6. The summed E-state index contributed by atoms with van der Waals surface area (Å²) in [4.78, 5) is 0. The van der Waals surface area contributed by atoms with E-state index < -0.39 is 17.8 Å². The summed E-state index contributed by atoms with van der Waals surface area (Å²) in [5.41, 5.74) is 3.15. The Morgan fingerprint density at radius 2 is 1.94 bits per heavy atom. The lowest BCUT2D eigenvalue weighted by Crippen LogP contribution is -2.36. The van der Waals surface area contributed by atoms with Gasteiger partial charge >= 0.3 is 0 Å². The number of aliphatic hydroxyl groups is 3. The Morgan fingerprint density at radius 3 is 2.61 bits per heavy atom. The molecule has 3 aliphatic rings. The van der Waals surface area contributed by atoms with Crippen molar-refractivity contribution in [2.24, 2.45) is 29.1 Å². The third-order valence-electron chi connectivity index (χ3n) is 8.97. The summed E-state index contributed by atoms with van der Waals surface area (Å²) in [6.07, 6.45) is 13.4. The van der Waals surface area contributed by atoms with Crippen LogP contribution in [0, 0.1) is 29.1 Å². The molecule has 0 bridgehead atoms. The lowest BCUT2D eigenvalue weighted by Gasteiger charge is -2.44. The molecule has 31 heavy (non-hydrogen) atoms. The molecule has 0 aromatic heterocycles. The smallest absolute Gasteiger partial charge is 0.0837 e. The van der Waals surface area contributed by atoms with Crippen molar-refractivity contribution < 1.29 is 15.3 Å². The number of hydrogen-bond donors (Lipinski definition) is 3. The van der Waals surface area contributed by atoms with Gasteiger partial charge in [0.25, 0.3) is 0 Å². The minimum absolute atomic E-state index is 0.149. The van der Waals surface area contributed by atoms with Gasteiger partial charge in [0.15, 0.2) is 0 Å². The van der Waals surface area contributed by atoms with E-state index in [0.717, 1.165) is 36.3 Å². The molecule has 0 aromatic rings. The predicted molar refractivity (Wildman–Crippen MR) is 129 cm³/mol. The second-order valence-corrected chi connectivity index (χ2v) is 11.8. The van der Waals surface area contributed by atoms with Crippen LogP contribution >= 0.6 is 0 Å². The van der Waals surface area contributed by atoms with Crippen molar-refractivity contribution in [3.05, 3.63) is 35.5 Å². The van der Waals surface area contributed by atoms with E-state index in [1.165, 1.54) is 32.1 Å². The Kier molecular flexibility index (Phi) is 7.61. The Morgan fingerprint density at radius 1 is 1.23 bits per heavy atom. The zero-order valence-corrected chi connectivity index (χ0v) is 20.5. The summed E-state index contributed by atoms with van der Waals surface area (Å²) >= 11 is 0. The normalized spacial score (nSPS) is 40.4. The van der Waals surface area contributed by atoms with Gasteiger partial charge in [0.05, 0.1) is 17.8 Å². The van der Waals surface area contributed by atoms with Crippen LogP contribution in [0.4, 0.5) is 0 Å². The lowest BCUT2D eigenvalue weighted by atomic mass is 9.60. The molecule has 3 fully saturated rings. The fourth-order valence-electron chi connectivity index (χ4n) is 6.91. The largest absolute Gasteiger partial charge is 0.392 e. The molecule has 3 nitrogen and oxygen atoms in total. The first-order valence-electron chi connectivity index (χ1n) is 12.6. The minimum Gasteiger partial charge on any atom is -0.392 e. The summed E-state index contributed by atoms with van der Waals surface area (Å²) in [6, 6.07) is 0. The number of hydrogen-bond acceptors (Lipinski definition) is 3. The molecule has 0 spiro atoms. The third-order valence-corrected chi connectivity index (χ3v) is 8.97. The van der Waals surface area contributed by atoms with Gasteiger partial charge in [-0.1, -0.05) is 57.9 Å². The SMILES string of the molecule is C=C1/C(=C\C=C2CCC[C@@]3(C)C2CC[C@@H]3[C@H](C)CCCC(C)(C)O)C[C@@H](O)C(C)C1O. The highest BCUT2D eigenvalue weighted by molar-refractivity contribution is 5.39. The molecule has 3 saturated carbocycles. The third kappa shape index (κ3) is 5.37. The summed E-state index contributed by atoms with van der Waals surface area (Å²) in [6.45, 7) is 14.8. The second-order valence-electron chi connectivity index (χ2n) is 11.8. The van der Waals surface area contributed by atoms with Gasteiger partial charge in [-0.05, 0) is 93.1 Å². The van der Waals surface area contributed by atoms with Crippen LogP contribution in [0.15, 0.2) is 35.5 Å². The van der Waals surface area contributed by atoms with Crippen LogP contribution in [0.25, 0.3) is 0 Å². The van der Waals surface area contributed by atoms with Crippen LogP contribution in [0.5, 0.6) is 0 Å². The molecular formula is C28H46O3. The van der Waals surface area contributed by atoms with Crippen molar-refractivity contribution >= 4 is 0 Å². The van der Waals surface area contributed by atoms with E-state index in [0.29, 0.717) is 23.7 Å². The molecule has 0 radical (unpaired) electrons. The molecule has 3 unspecified atom stereocenters. The number of allylic oxidation sites excluding steroid dienone is 3. The molecule has 3 rings (SSSR count). The van der Waals surface area contributed by atoms with Crippen molar-refractivity contribution in [3.8, 4) is 0 Å². The number of rotatable bonds is 6. The summed E-state index contributed by atoms with van der Waals surface area (Å²) in [7, 11) is 0. The fraction of sp³-hybridized carbons (Fsp3) is 0.786. The molecule has 3 aliphatic carbocycles. The van der Waals surface area contributed by atoms with Crippen molar-refractivity contribution in [1.82, 2.24) is 0 Å². The van der Waals surface area contributed by atoms with Gasteiger partial charge in [-0.2, -0.15) is 0 Å². The second kappa shape index (κ2) is 9.53. The van der Waals surface area contributed by atoms with Gasteiger partial charge < -0.3 is 15.3 Å². The van der Waals surface area contributed by atoms with Crippen LogP contribution in [-0.4, -0.2) is 33.1 Å². The zero-order valence-electron chi connectivity index (χ0n) is 20.5. The lowest BCUT2D eigenvalue weighted by molar-refractivity contribution is 0.0283. The highest BCUT2D eigenvalue weighted by Crippen LogP contribution is 2.60. The molecule has 176 valence electrons. The van der Waals surface area contributed by atoms with E-state index in [2.05, 4.69) is 32.6 Å². The highest BCUT2D eigenvalue weighted by atomic mass is 16.3. The molecule has 3 N–H and O–H groups in total. The van der Waals surface area contributed by atoms with E-state index in [1.807, 2.05) is 20.8 Å². The molecular weight excluding hydrogens is 384 g/mol. The van der Waals surface area contributed by atoms with Gasteiger partial charge in [0.2, 0.25) is 0 Å². The van der Waals surface area contributed by atoms with E-state index in [9.17, 15) is 15.3 Å². The average Bonchev–Trinajstić information content (AvgIpc) is 3.04. The Bertz CT molecular complexity index is 712. The van der Waals surface area contributed by atoms with Crippen LogP contribution in [-0.2, 0) is 0 Å². The zero-order chi connectivity index (χ0) is 23.0. The quantitative estimate of drug-likeness (QED) is 0.488. The van der Waals surface area contributed by atoms with Gasteiger partial charge in [-0.3, -0.25) is 0 Å². The Hall–Kier alpha value is -0.900. The van der Waals surface area contributed by atoms with Gasteiger partial charge in [-0.15, -0.1) is 0 Å². The fourth-order valence-corrected chi connectivity index (χ4v) is 6.91. The molecule has 0 amide bonds. The number of aliphatic hydroxyl groups excluding tert-OH is 2. The first kappa shape index (κ1) is 24.7. The van der Waals surface area contributed by atoms with Crippen LogP contribution in [0.3, 0.4) is 0 Å². The van der Waals surface area contributed by atoms with Crippen LogP contribution < -0.4 is 0 Å². The summed E-state index contributed by atoms with van der Waals surface area (Å²) in [5.74, 6) is 1.94. The van der Waals surface area contributed by atoms with Crippen molar-refractivity contribution in [1.29, 1.82) is 0 Å². The van der Waals surface area contributed by atoms with Crippen molar-refractivity contribution in [2.45, 2.75) is 110 Å².